The molecule has 1 N–H and O–H groups in total. The predicted octanol–water partition coefficient (Wildman–Crippen LogP) is 1.85. The molecule has 15 heavy (non-hydrogen) atoms. The van der Waals surface area contributed by atoms with Crippen molar-refractivity contribution in [3.8, 4) is 0 Å². The van der Waals surface area contributed by atoms with Crippen molar-refractivity contribution in [3.05, 3.63) is 18.2 Å². The number of aryl methyl sites for hydroxylation is 1. The fraction of sp³-hybridized carbons (Fsp3) is 0.375. The standard InChI is InChI=1S/C8H7F3N4/c9-8(10,11)2-1-5-14-6-7(15-5)13-4-3-12-6/h3-4H,1-2H2,(H,12,13,14,15). The lowest BCUT2D eigenvalue weighted by molar-refractivity contribution is -0.134. The van der Waals surface area contributed by atoms with Crippen LogP contribution in [0.1, 0.15) is 12.2 Å². The molecule has 0 aliphatic heterocycles. The van der Waals surface area contributed by atoms with Gasteiger partial charge in [0.2, 0.25) is 0 Å². The number of halogens is 3. The molecule has 0 aliphatic rings. The van der Waals surface area contributed by atoms with Gasteiger partial charge in [0.15, 0.2) is 11.3 Å². The molecule has 0 saturated carbocycles. The molecular weight excluding hydrogens is 209 g/mol. The number of aromatic nitrogens is 4. The normalized spacial score (nSPS) is 12.2. The molecular formula is C8H7F3N4. The first kappa shape index (κ1) is 9.88. The number of hydrogen-bond acceptors (Lipinski definition) is 3. The van der Waals surface area contributed by atoms with Crippen LogP contribution in [0.2, 0.25) is 0 Å². The zero-order valence-corrected chi connectivity index (χ0v) is 7.54. The van der Waals surface area contributed by atoms with Crippen molar-refractivity contribution >= 4 is 11.3 Å². The van der Waals surface area contributed by atoms with Crippen molar-refractivity contribution in [2.45, 2.75) is 19.0 Å². The van der Waals surface area contributed by atoms with Gasteiger partial charge >= 0.3 is 6.18 Å². The smallest absolute Gasteiger partial charge is 0.325 e. The number of hydrogen-bond donors (Lipinski definition) is 1. The van der Waals surface area contributed by atoms with E-state index in [0.29, 0.717) is 11.3 Å². The van der Waals surface area contributed by atoms with E-state index in [9.17, 15) is 13.2 Å². The molecule has 0 fully saturated rings. The van der Waals surface area contributed by atoms with Crippen molar-refractivity contribution in [1.29, 1.82) is 0 Å². The Morgan fingerprint density at radius 2 is 1.93 bits per heavy atom. The van der Waals surface area contributed by atoms with E-state index in [1.807, 2.05) is 0 Å². The highest BCUT2D eigenvalue weighted by atomic mass is 19.4. The highest BCUT2D eigenvalue weighted by Gasteiger charge is 2.27. The predicted molar refractivity (Wildman–Crippen MR) is 46.1 cm³/mol. The Bertz CT molecular complexity index is 429. The summed E-state index contributed by atoms with van der Waals surface area (Å²) in [7, 11) is 0. The first-order valence-corrected chi connectivity index (χ1v) is 4.27. The number of rotatable bonds is 2. The van der Waals surface area contributed by atoms with E-state index in [-0.39, 0.29) is 12.2 Å². The molecule has 7 heteroatoms. The molecule has 0 spiro atoms. The molecule has 0 aromatic carbocycles. The summed E-state index contributed by atoms with van der Waals surface area (Å²) in [5.41, 5.74) is 0.754. The monoisotopic (exact) mass is 216 g/mol. The molecule has 0 atom stereocenters. The number of nitrogens with zero attached hydrogens (tertiary/aromatic N) is 3. The minimum Gasteiger partial charge on any atom is -0.325 e. The fourth-order valence-electron chi connectivity index (χ4n) is 1.17. The minimum atomic E-state index is -4.17. The van der Waals surface area contributed by atoms with Crippen LogP contribution < -0.4 is 0 Å². The van der Waals surface area contributed by atoms with Crippen LogP contribution in [-0.4, -0.2) is 26.1 Å². The van der Waals surface area contributed by atoms with Crippen LogP contribution in [0.15, 0.2) is 12.4 Å². The van der Waals surface area contributed by atoms with Crippen LogP contribution in [0.5, 0.6) is 0 Å². The van der Waals surface area contributed by atoms with Gasteiger partial charge in [0.1, 0.15) is 5.82 Å². The topological polar surface area (TPSA) is 54.5 Å². The number of alkyl halides is 3. The van der Waals surface area contributed by atoms with Gasteiger partial charge in [0.05, 0.1) is 6.42 Å². The summed E-state index contributed by atoms with van der Waals surface area (Å²) in [5.74, 6) is 0.258. The number of nitrogens with one attached hydrogen (secondary N) is 1. The van der Waals surface area contributed by atoms with E-state index in [4.69, 9.17) is 0 Å². The molecule has 0 unspecified atom stereocenters. The Labute approximate surface area is 82.6 Å². The summed E-state index contributed by atoms with van der Waals surface area (Å²) in [6.45, 7) is 0. The Morgan fingerprint density at radius 3 is 2.60 bits per heavy atom. The SMILES string of the molecule is FC(F)(F)CCc1nc2nccnc2[nH]1. The zero-order valence-electron chi connectivity index (χ0n) is 7.54. The highest BCUT2D eigenvalue weighted by molar-refractivity contribution is 5.64. The summed E-state index contributed by atoms with van der Waals surface area (Å²) >= 11 is 0. The number of imidazole rings is 1. The van der Waals surface area contributed by atoms with Gasteiger partial charge in [-0.1, -0.05) is 0 Å². The summed E-state index contributed by atoms with van der Waals surface area (Å²) < 4.78 is 35.8. The van der Waals surface area contributed by atoms with Crippen molar-refractivity contribution in [2.75, 3.05) is 0 Å². The van der Waals surface area contributed by atoms with Crippen molar-refractivity contribution < 1.29 is 13.2 Å². The Kier molecular flexibility index (Phi) is 2.29. The quantitative estimate of drug-likeness (QED) is 0.833. The Hall–Kier alpha value is -1.66. The molecule has 0 saturated heterocycles. The summed E-state index contributed by atoms with van der Waals surface area (Å²) in [6.07, 6.45) is -2.35. The molecule has 4 nitrogen and oxygen atoms in total. The molecule has 0 bridgehead atoms. The van der Waals surface area contributed by atoms with Crippen LogP contribution in [0, 0.1) is 0 Å². The maximum Gasteiger partial charge on any atom is 0.389 e. The van der Waals surface area contributed by atoms with Gasteiger partial charge in [0.25, 0.3) is 0 Å². The molecule has 2 rings (SSSR count). The fourth-order valence-corrected chi connectivity index (χ4v) is 1.17. The molecule has 0 radical (unpaired) electrons. The van der Waals surface area contributed by atoms with E-state index >= 15 is 0 Å². The van der Waals surface area contributed by atoms with E-state index in [1.165, 1.54) is 12.4 Å². The van der Waals surface area contributed by atoms with Gasteiger partial charge in [-0.3, -0.25) is 0 Å². The van der Waals surface area contributed by atoms with Crippen molar-refractivity contribution in [1.82, 2.24) is 19.9 Å². The van der Waals surface area contributed by atoms with Crippen LogP contribution >= 0.6 is 0 Å². The summed E-state index contributed by atoms with van der Waals surface area (Å²) in [5, 5.41) is 0. The number of H-pyrrole nitrogens is 1. The first-order valence-electron chi connectivity index (χ1n) is 4.27. The second-order valence-corrected chi connectivity index (χ2v) is 3.03. The maximum atomic E-state index is 11.9. The third kappa shape index (κ3) is 2.42. The van der Waals surface area contributed by atoms with E-state index in [0.717, 1.165) is 0 Å². The lowest BCUT2D eigenvalue weighted by Gasteiger charge is -2.02. The third-order valence-electron chi connectivity index (χ3n) is 1.83. The van der Waals surface area contributed by atoms with Gasteiger partial charge in [-0.25, -0.2) is 15.0 Å². The molecule has 0 amide bonds. The zero-order chi connectivity index (χ0) is 10.9. The van der Waals surface area contributed by atoms with Gasteiger partial charge in [-0.05, 0) is 0 Å². The van der Waals surface area contributed by atoms with Gasteiger partial charge in [0, 0.05) is 18.8 Å². The van der Waals surface area contributed by atoms with Gasteiger partial charge in [-0.15, -0.1) is 0 Å². The molecule has 0 aliphatic carbocycles. The average Bonchev–Trinajstić information content (AvgIpc) is 2.56. The number of fused-ring (bicyclic) bond motifs is 1. The highest BCUT2D eigenvalue weighted by Crippen LogP contribution is 2.21. The lowest BCUT2D eigenvalue weighted by Crippen LogP contribution is -2.09. The van der Waals surface area contributed by atoms with Gasteiger partial charge in [-0.2, -0.15) is 13.2 Å². The van der Waals surface area contributed by atoms with E-state index < -0.39 is 12.6 Å². The maximum absolute atomic E-state index is 11.9. The average molecular weight is 216 g/mol. The van der Waals surface area contributed by atoms with Crippen molar-refractivity contribution in [3.63, 3.8) is 0 Å². The first-order chi connectivity index (χ1) is 7.04. The molecule has 80 valence electrons. The van der Waals surface area contributed by atoms with Gasteiger partial charge < -0.3 is 4.98 Å². The van der Waals surface area contributed by atoms with E-state index in [1.54, 1.807) is 0 Å². The molecule has 2 heterocycles. The lowest BCUT2D eigenvalue weighted by atomic mass is 10.3. The van der Waals surface area contributed by atoms with Crippen LogP contribution in [0.25, 0.3) is 11.3 Å². The second kappa shape index (κ2) is 3.48. The van der Waals surface area contributed by atoms with Crippen LogP contribution in [-0.2, 0) is 6.42 Å². The largest absolute Gasteiger partial charge is 0.389 e. The Balaban J connectivity index is 2.16. The van der Waals surface area contributed by atoms with Crippen LogP contribution in [0.3, 0.4) is 0 Å². The minimum absolute atomic E-state index is 0.179. The van der Waals surface area contributed by atoms with E-state index in [2.05, 4.69) is 19.9 Å². The Morgan fingerprint density at radius 1 is 1.20 bits per heavy atom. The molecule has 2 aromatic rings. The van der Waals surface area contributed by atoms with Crippen molar-refractivity contribution in [2.24, 2.45) is 0 Å². The summed E-state index contributed by atoms with van der Waals surface area (Å²) in [6, 6.07) is 0. The summed E-state index contributed by atoms with van der Waals surface area (Å²) in [4.78, 5) is 14.3. The van der Waals surface area contributed by atoms with Crippen LogP contribution in [0.4, 0.5) is 13.2 Å². The molecule has 2 aromatic heterocycles. The second-order valence-electron chi connectivity index (χ2n) is 3.03. The third-order valence-corrected chi connectivity index (χ3v) is 1.83. The number of aromatic amines is 1.